The molecule has 0 saturated carbocycles. The first-order chi connectivity index (χ1) is 6.74. The lowest BCUT2D eigenvalue weighted by molar-refractivity contribution is 0.296. The summed E-state index contributed by atoms with van der Waals surface area (Å²) in [6, 6.07) is 3.34. The molecule has 2 aromatic heterocycles. The second-order valence-corrected chi connectivity index (χ2v) is 3.66. The van der Waals surface area contributed by atoms with Gasteiger partial charge in [-0.2, -0.15) is 0 Å². The lowest BCUT2D eigenvalue weighted by Crippen LogP contribution is -1.97. The topological polar surface area (TPSA) is 57.8 Å². The van der Waals surface area contributed by atoms with Crippen LogP contribution in [0.4, 0.5) is 0 Å². The minimum Gasteiger partial charge on any atom is -0.506 e. The second kappa shape index (κ2) is 3.59. The van der Waals surface area contributed by atoms with Gasteiger partial charge in [-0.3, -0.25) is 4.40 Å². The summed E-state index contributed by atoms with van der Waals surface area (Å²) < 4.78 is 2.36. The van der Waals surface area contributed by atoms with Crippen LogP contribution in [0.3, 0.4) is 0 Å². The molecule has 0 aliphatic carbocycles. The summed E-state index contributed by atoms with van der Waals surface area (Å²) in [4.78, 5) is 4.20. The highest BCUT2D eigenvalue weighted by atomic mass is 79.9. The Labute approximate surface area is 89.0 Å². The van der Waals surface area contributed by atoms with E-state index < -0.39 is 0 Å². The summed E-state index contributed by atoms with van der Waals surface area (Å²) in [6.45, 7) is 0.0429. The highest BCUT2D eigenvalue weighted by Crippen LogP contribution is 2.26. The van der Waals surface area contributed by atoms with Crippen molar-refractivity contribution in [2.75, 3.05) is 6.61 Å². The van der Waals surface area contributed by atoms with Gasteiger partial charge in [-0.05, 0) is 28.1 Å². The smallest absolute Gasteiger partial charge is 0.142 e. The molecule has 0 aliphatic heterocycles. The van der Waals surface area contributed by atoms with E-state index in [1.54, 1.807) is 22.7 Å². The van der Waals surface area contributed by atoms with Crippen molar-refractivity contribution in [1.82, 2.24) is 9.38 Å². The molecule has 0 bridgehead atoms. The third-order valence-electron chi connectivity index (χ3n) is 2.01. The van der Waals surface area contributed by atoms with Gasteiger partial charge in [0.1, 0.15) is 21.7 Å². The third kappa shape index (κ3) is 1.38. The fourth-order valence-electron chi connectivity index (χ4n) is 1.41. The molecule has 74 valence electrons. The van der Waals surface area contributed by atoms with E-state index in [0.717, 1.165) is 5.82 Å². The molecule has 0 aliphatic rings. The van der Waals surface area contributed by atoms with E-state index in [1.165, 1.54) is 0 Å². The van der Waals surface area contributed by atoms with Gasteiger partial charge in [-0.25, -0.2) is 4.98 Å². The van der Waals surface area contributed by atoms with Gasteiger partial charge in [0.25, 0.3) is 0 Å². The number of hydrogen-bond acceptors (Lipinski definition) is 3. The molecule has 0 aromatic carbocycles. The van der Waals surface area contributed by atoms with E-state index in [4.69, 9.17) is 5.11 Å². The fourth-order valence-corrected chi connectivity index (χ4v) is 2.01. The van der Waals surface area contributed by atoms with Crippen LogP contribution in [0.5, 0.6) is 5.75 Å². The molecule has 0 fully saturated rings. The van der Waals surface area contributed by atoms with Crippen LogP contribution in [-0.2, 0) is 6.42 Å². The maximum Gasteiger partial charge on any atom is 0.142 e. The predicted molar refractivity (Wildman–Crippen MR) is 55.3 cm³/mol. The summed E-state index contributed by atoms with van der Waals surface area (Å²) in [5.74, 6) is 0.904. The molecule has 0 radical (unpaired) electrons. The SMILES string of the molecule is OCCc1nc(Br)c2c(O)cccn12. The Balaban J connectivity index is 2.71. The Bertz CT molecular complexity index is 467. The van der Waals surface area contributed by atoms with E-state index in [9.17, 15) is 5.11 Å². The molecule has 14 heavy (non-hydrogen) atoms. The van der Waals surface area contributed by atoms with Crippen LogP contribution in [0, 0.1) is 0 Å². The molecular weight excluding hydrogens is 248 g/mol. The molecule has 2 heterocycles. The molecule has 2 rings (SSSR count). The van der Waals surface area contributed by atoms with Gasteiger partial charge in [-0.1, -0.05) is 0 Å². The van der Waals surface area contributed by atoms with Gasteiger partial charge >= 0.3 is 0 Å². The van der Waals surface area contributed by atoms with Crippen molar-refractivity contribution in [3.63, 3.8) is 0 Å². The molecule has 0 atom stereocenters. The monoisotopic (exact) mass is 256 g/mol. The molecule has 0 amide bonds. The first-order valence-corrected chi connectivity index (χ1v) is 4.98. The zero-order chi connectivity index (χ0) is 10.1. The van der Waals surface area contributed by atoms with Crippen molar-refractivity contribution in [1.29, 1.82) is 0 Å². The molecule has 0 unspecified atom stereocenters. The van der Waals surface area contributed by atoms with Gasteiger partial charge in [-0.15, -0.1) is 0 Å². The van der Waals surface area contributed by atoms with Crippen LogP contribution in [0.1, 0.15) is 5.82 Å². The first-order valence-electron chi connectivity index (χ1n) is 4.19. The van der Waals surface area contributed by atoms with E-state index in [1.807, 2.05) is 0 Å². The van der Waals surface area contributed by atoms with Crippen molar-refractivity contribution < 1.29 is 10.2 Å². The standard InChI is InChI=1S/C9H9BrN2O2/c10-9-8-6(14)2-1-4-12(8)7(11-9)3-5-13/h1-2,4,13-14H,3,5H2. The number of aliphatic hydroxyl groups excluding tert-OH is 1. The quantitative estimate of drug-likeness (QED) is 0.853. The zero-order valence-electron chi connectivity index (χ0n) is 7.31. The average molecular weight is 257 g/mol. The van der Waals surface area contributed by atoms with Crippen molar-refractivity contribution in [3.8, 4) is 5.75 Å². The second-order valence-electron chi connectivity index (χ2n) is 2.90. The molecular formula is C9H9BrN2O2. The number of aromatic nitrogens is 2. The number of imidazole rings is 1. The van der Waals surface area contributed by atoms with Gasteiger partial charge in [0.15, 0.2) is 0 Å². The predicted octanol–water partition coefficient (Wildman–Crippen LogP) is 1.34. The number of fused-ring (bicyclic) bond motifs is 1. The Morgan fingerprint density at radius 2 is 2.29 bits per heavy atom. The fraction of sp³-hybridized carbons (Fsp3) is 0.222. The Morgan fingerprint density at radius 3 is 3.00 bits per heavy atom. The van der Waals surface area contributed by atoms with Gasteiger partial charge in [0.2, 0.25) is 0 Å². The highest BCUT2D eigenvalue weighted by molar-refractivity contribution is 9.10. The Morgan fingerprint density at radius 1 is 1.50 bits per heavy atom. The van der Waals surface area contributed by atoms with Crippen LogP contribution in [0.2, 0.25) is 0 Å². The lowest BCUT2D eigenvalue weighted by atomic mass is 10.4. The third-order valence-corrected chi connectivity index (χ3v) is 2.56. The zero-order valence-corrected chi connectivity index (χ0v) is 8.90. The van der Waals surface area contributed by atoms with Crippen LogP contribution < -0.4 is 0 Å². The molecule has 0 spiro atoms. The van der Waals surface area contributed by atoms with E-state index in [0.29, 0.717) is 16.5 Å². The molecule has 4 nitrogen and oxygen atoms in total. The maximum absolute atomic E-state index is 9.58. The number of hydrogen-bond donors (Lipinski definition) is 2. The van der Waals surface area contributed by atoms with Crippen LogP contribution in [0.25, 0.3) is 5.52 Å². The van der Waals surface area contributed by atoms with E-state index in [-0.39, 0.29) is 12.4 Å². The van der Waals surface area contributed by atoms with Crippen molar-refractivity contribution in [2.24, 2.45) is 0 Å². The number of pyridine rings is 1. The number of halogens is 1. The first kappa shape index (κ1) is 9.48. The largest absolute Gasteiger partial charge is 0.506 e. The molecule has 0 saturated heterocycles. The summed E-state index contributed by atoms with van der Waals surface area (Å²) >= 11 is 3.26. The van der Waals surface area contributed by atoms with Crippen molar-refractivity contribution in [3.05, 3.63) is 28.8 Å². The van der Waals surface area contributed by atoms with E-state index in [2.05, 4.69) is 20.9 Å². The molecule has 2 aromatic rings. The lowest BCUT2D eigenvalue weighted by Gasteiger charge is -1.99. The summed E-state index contributed by atoms with van der Waals surface area (Å²) in [5, 5.41) is 18.4. The van der Waals surface area contributed by atoms with Crippen LogP contribution >= 0.6 is 15.9 Å². The normalized spacial score (nSPS) is 11.0. The average Bonchev–Trinajstić information content (AvgIpc) is 2.46. The highest BCUT2D eigenvalue weighted by Gasteiger charge is 2.11. The summed E-state index contributed by atoms with van der Waals surface area (Å²) in [5.41, 5.74) is 0.635. The van der Waals surface area contributed by atoms with Crippen LogP contribution in [-0.4, -0.2) is 26.2 Å². The Hall–Kier alpha value is -1.07. The molecule has 2 N–H and O–H groups in total. The van der Waals surface area contributed by atoms with Gasteiger partial charge in [0, 0.05) is 12.6 Å². The summed E-state index contributed by atoms with van der Waals surface area (Å²) in [7, 11) is 0. The van der Waals surface area contributed by atoms with Crippen molar-refractivity contribution >= 4 is 21.4 Å². The number of rotatable bonds is 2. The van der Waals surface area contributed by atoms with Crippen molar-refractivity contribution in [2.45, 2.75) is 6.42 Å². The number of aliphatic hydroxyl groups is 1. The molecule has 5 heteroatoms. The van der Waals surface area contributed by atoms with Gasteiger partial charge in [0.05, 0.1) is 6.61 Å². The van der Waals surface area contributed by atoms with E-state index >= 15 is 0 Å². The Kier molecular flexibility index (Phi) is 2.43. The summed E-state index contributed by atoms with van der Waals surface area (Å²) in [6.07, 6.45) is 2.27. The maximum atomic E-state index is 9.58. The minimum atomic E-state index is 0.0429. The van der Waals surface area contributed by atoms with Gasteiger partial charge < -0.3 is 10.2 Å². The minimum absolute atomic E-state index is 0.0429. The number of aromatic hydroxyl groups is 1. The number of nitrogens with zero attached hydrogens (tertiary/aromatic N) is 2. The van der Waals surface area contributed by atoms with Crippen LogP contribution in [0.15, 0.2) is 22.9 Å².